The molecule has 0 bridgehead atoms. The molecule has 0 unspecified atom stereocenters. The molecule has 90 valence electrons. The molecule has 0 atom stereocenters. The zero-order chi connectivity index (χ0) is 12.8. The van der Waals surface area contributed by atoms with Gasteiger partial charge in [0.1, 0.15) is 11.6 Å². The van der Waals surface area contributed by atoms with Gasteiger partial charge in [-0.3, -0.25) is 5.41 Å². The Kier molecular flexibility index (Phi) is 4.46. The van der Waals surface area contributed by atoms with E-state index in [0.29, 0.717) is 5.71 Å². The lowest BCUT2D eigenvalue weighted by Crippen LogP contribution is -2.07. The van der Waals surface area contributed by atoms with Crippen LogP contribution in [0.15, 0.2) is 36.4 Å². The van der Waals surface area contributed by atoms with Gasteiger partial charge in [0.05, 0.1) is 11.8 Å². The van der Waals surface area contributed by atoms with Gasteiger partial charge in [0.2, 0.25) is 0 Å². The Morgan fingerprint density at radius 3 is 2.59 bits per heavy atom. The molecule has 1 rings (SSSR count). The second-order valence-electron chi connectivity index (χ2n) is 3.90. The van der Waals surface area contributed by atoms with Crippen LogP contribution in [0.5, 0.6) is 5.75 Å². The Hall–Kier alpha value is -2.10. The lowest BCUT2D eigenvalue weighted by atomic mass is 10.1. The van der Waals surface area contributed by atoms with Crippen molar-refractivity contribution in [3.63, 3.8) is 0 Å². The third-order valence-corrected chi connectivity index (χ3v) is 1.95. The molecular weight excluding hydrogens is 214 g/mol. The maximum absolute atomic E-state index is 7.81. The number of ether oxygens (including phenoxy) is 1. The molecule has 0 heterocycles. The smallest absolute Gasteiger partial charge is 0.120 e. The van der Waals surface area contributed by atoms with Crippen LogP contribution in [0.1, 0.15) is 19.4 Å². The summed E-state index contributed by atoms with van der Waals surface area (Å²) in [5.41, 5.74) is 6.23. The maximum atomic E-state index is 7.81. The fraction of sp³-hybridized carbons (Fsp3) is 0.231. The number of nitrogens with two attached hydrogens (primary N) is 1. The summed E-state index contributed by atoms with van der Waals surface area (Å²) in [6.07, 6.45) is 2.99. The summed E-state index contributed by atoms with van der Waals surface area (Å²) >= 11 is 0. The predicted molar refractivity (Wildman–Crippen MR) is 70.1 cm³/mol. The number of rotatable bonds is 5. The minimum absolute atomic E-state index is 0.0654. The van der Waals surface area contributed by atoms with E-state index in [1.165, 1.54) is 12.2 Å². The lowest BCUT2D eigenvalue weighted by molar-refractivity contribution is 0.242. The van der Waals surface area contributed by atoms with Gasteiger partial charge in [0, 0.05) is 5.56 Å². The summed E-state index contributed by atoms with van der Waals surface area (Å²) in [4.78, 5) is 0. The fourth-order valence-electron chi connectivity index (χ4n) is 1.28. The second-order valence-corrected chi connectivity index (χ2v) is 3.90. The van der Waals surface area contributed by atoms with Crippen LogP contribution in [0.4, 0.5) is 0 Å². The van der Waals surface area contributed by atoms with Crippen LogP contribution in [0.25, 0.3) is 0 Å². The summed E-state index contributed by atoms with van der Waals surface area (Å²) in [5.74, 6) is 0.669. The van der Waals surface area contributed by atoms with Crippen LogP contribution in [-0.2, 0) is 0 Å². The molecule has 0 spiro atoms. The first kappa shape index (κ1) is 13.0. The predicted octanol–water partition coefficient (Wildman–Crippen LogP) is 2.33. The van der Waals surface area contributed by atoms with E-state index in [1.54, 1.807) is 6.07 Å². The molecule has 1 aromatic rings. The highest BCUT2D eigenvalue weighted by atomic mass is 16.5. The van der Waals surface area contributed by atoms with Crippen molar-refractivity contribution < 1.29 is 4.74 Å². The van der Waals surface area contributed by atoms with E-state index in [2.05, 4.69) is 0 Å². The SMILES string of the molecule is CC(C)Oc1cccc(C(=N)/C=C\C(=N)N)c1. The van der Waals surface area contributed by atoms with Crippen molar-refractivity contribution in [2.45, 2.75) is 20.0 Å². The van der Waals surface area contributed by atoms with Crippen LogP contribution in [-0.4, -0.2) is 17.7 Å². The zero-order valence-electron chi connectivity index (χ0n) is 10.0. The maximum Gasteiger partial charge on any atom is 0.120 e. The van der Waals surface area contributed by atoms with Crippen molar-refractivity contribution in [2.75, 3.05) is 0 Å². The van der Waals surface area contributed by atoms with Gasteiger partial charge in [-0.15, -0.1) is 0 Å². The molecule has 0 fully saturated rings. The highest BCUT2D eigenvalue weighted by Gasteiger charge is 2.01. The van der Waals surface area contributed by atoms with Gasteiger partial charge in [-0.1, -0.05) is 12.1 Å². The first-order valence-electron chi connectivity index (χ1n) is 5.37. The standard InChI is InChI=1S/C13H17N3O/c1-9(2)17-11-5-3-4-10(8-11)12(14)6-7-13(15)16/h3-9,14H,1-2H3,(H3,15,16)/b7-6-,14-12?. The van der Waals surface area contributed by atoms with Gasteiger partial charge in [-0.25, -0.2) is 0 Å². The second kappa shape index (κ2) is 5.84. The highest BCUT2D eigenvalue weighted by Crippen LogP contribution is 2.15. The normalized spacial score (nSPS) is 10.8. The van der Waals surface area contributed by atoms with Crippen LogP contribution in [0.3, 0.4) is 0 Å². The average molecular weight is 231 g/mol. The van der Waals surface area contributed by atoms with Crippen LogP contribution >= 0.6 is 0 Å². The zero-order valence-corrected chi connectivity index (χ0v) is 10.0. The first-order chi connectivity index (χ1) is 7.99. The van der Waals surface area contributed by atoms with Crippen LogP contribution in [0, 0.1) is 10.8 Å². The van der Waals surface area contributed by atoms with E-state index < -0.39 is 0 Å². The molecule has 4 N–H and O–H groups in total. The summed E-state index contributed by atoms with van der Waals surface area (Å²) in [7, 11) is 0. The van der Waals surface area contributed by atoms with E-state index in [0.717, 1.165) is 11.3 Å². The van der Waals surface area contributed by atoms with E-state index >= 15 is 0 Å². The van der Waals surface area contributed by atoms with Crippen molar-refractivity contribution in [1.29, 1.82) is 10.8 Å². The largest absolute Gasteiger partial charge is 0.491 e. The van der Waals surface area contributed by atoms with E-state index in [1.807, 2.05) is 32.0 Å². The number of hydrogen-bond acceptors (Lipinski definition) is 3. The molecule has 0 aliphatic carbocycles. The minimum atomic E-state index is -0.0654. The van der Waals surface area contributed by atoms with E-state index in [4.69, 9.17) is 21.3 Å². The molecule has 0 aromatic heterocycles. The lowest BCUT2D eigenvalue weighted by Gasteiger charge is -2.10. The molecule has 17 heavy (non-hydrogen) atoms. The monoisotopic (exact) mass is 231 g/mol. The minimum Gasteiger partial charge on any atom is -0.491 e. The number of hydrogen-bond donors (Lipinski definition) is 3. The Morgan fingerprint density at radius 1 is 1.29 bits per heavy atom. The molecule has 0 saturated carbocycles. The van der Waals surface area contributed by atoms with Gasteiger partial charge in [-0.2, -0.15) is 0 Å². The van der Waals surface area contributed by atoms with Crippen molar-refractivity contribution in [3.05, 3.63) is 42.0 Å². The quantitative estimate of drug-likeness (QED) is 0.537. The third kappa shape index (κ3) is 4.51. The number of amidine groups is 1. The Balaban J connectivity index is 2.84. The number of benzene rings is 1. The molecule has 0 aliphatic heterocycles. The van der Waals surface area contributed by atoms with Crippen molar-refractivity contribution in [3.8, 4) is 5.75 Å². The molecule has 4 heteroatoms. The summed E-state index contributed by atoms with van der Waals surface area (Å²) in [6.45, 7) is 3.90. The summed E-state index contributed by atoms with van der Waals surface area (Å²) in [5, 5.41) is 14.9. The molecule has 0 amide bonds. The van der Waals surface area contributed by atoms with Crippen molar-refractivity contribution in [1.82, 2.24) is 0 Å². The van der Waals surface area contributed by atoms with Crippen LogP contribution < -0.4 is 10.5 Å². The Morgan fingerprint density at radius 2 is 2.00 bits per heavy atom. The van der Waals surface area contributed by atoms with Crippen molar-refractivity contribution in [2.24, 2.45) is 5.73 Å². The average Bonchev–Trinajstić information content (AvgIpc) is 2.25. The Labute approximate surface area is 101 Å². The van der Waals surface area contributed by atoms with Gasteiger partial charge in [0.15, 0.2) is 0 Å². The molecule has 1 aromatic carbocycles. The first-order valence-corrected chi connectivity index (χ1v) is 5.37. The van der Waals surface area contributed by atoms with Gasteiger partial charge >= 0.3 is 0 Å². The third-order valence-electron chi connectivity index (χ3n) is 1.95. The molecular formula is C13H17N3O. The van der Waals surface area contributed by atoms with Crippen LogP contribution in [0.2, 0.25) is 0 Å². The number of allylic oxidation sites excluding steroid dienone is 1. The van der Waals surface area contributed by atoms with Crippen molar-refractivity contribution >= 4 is 11.5 Å². The summed E-state index contributed by atoms with van der Waals surface area (Å²) in [6, 6.07) is 7.31. The molecule has 0 saturated heterocycles. The fourth-order valence-corrected chi connectivity index (χ4v) is 1.28. The Bertz CT molecular complexity index is 450. The van der Waals surface area contributed by atoms with Gasteiger partial charge in [-0.05, 0) is 38.1 Å². The topological polar surface area (TPSA) is 83.0 Å². The molecule has 0 radical (unpaired) electrons. The van der Waals surface area contributed by atoms with E-state index in [-0.39, 0.29) is 11.9 Å². The molecule has 0 aliphatic rings. The number of nitrogens with one attached hydrogen (secondary N) is 2. The van der Waals surface area contributed by atoms with Gasteiger partial charge < -0.3 is 15.9 Å². The molecule has 4 nitrogen and oxygen atoms in total. The van der Waals surface area contributed by atoms with E-state index in [9.17, 15) is 0 Å². The summed E-state index contributed by atoms with van der Waals surface area (Å²) < 4.78 is 5.54. The van der Waals surface area contributed by atoms with Gasteiger partial charge in [0.25, 0.3) is 0 Å². The highest BCUT2D eigenvalue weighted by molar-refractivity contribution is 6.09.